The number of carbonyl (C=O) groups is 1. The van der Waals surface area contributed by atoms with Crippen molar-refractivity contribution in [3.8, 4) is 11.5 Å². The molecule has 0 fully saturated rings. The lowest BCUT2D eigenvalue weighted by Gasteiger charge is -2.11. The van der Waals surface area contributed by atoms with Crippen LogP contribution in [-0.4, -0.2) is 29.0 Å². The number of nitrogens with zero attached hydrogens (tertiary/aromatic N) is 2. The highest BCUT2D eigenvalue weighted by Gasteiger charge is 2.08. The van der Waals surface area contributed by atoms with Gasteiger partial charge in [-0.15, -0.1) is 10.2 Å². The number of anilines is 1. The number of benzene rings is 2. The number of methoxy groups -OCH3 is 1. The van der Waals surface area contributed by atoms with Gasteiger partial charge in [0.2, 0.25) is 11.0 Å². The number of hydrogen-bond donors (Lipinski definition) is 1. The monoisotopic (exact) mass is 441 g/mol. The summed E-state index contributed by atoms with van der Waals surface area (Å²) in [7, 11) is 1.59. The Labute approximate surface area is 184 Å². The van der Waals surface area contributed by atoms with Crippen molar-refractivity contribution < 1.29 is 14.3 Å². The standard InChI is InChI=1S/C22H23N3O3S2/c1-3-13-29-22-25-24-21(30-22)23-20(26)12-10-16-9-11-18(19(14-16)27-2)28-15-17-7-5-4-6-8-17/h4-12,14H,3,13,15H2,1-2H3,(H,23,24,26)/b12-10+. The Morgan fingerprint density at radius 3 is 2.77 bits per heavy atom. The first kappa shape index (κ1) is 21.9. The average Bonchev–Trinajstić information content (AvgIpc) is 3.22. The molecular formula is C22H23N3O3S2. The fraction of sp³-hybridized carbons (Fsp3) is 0.227. The molecule has 0 saturated heterocycles. The lowest BCUT2D eigenvalue weighted by Crippen LogP contribution is -2.07. The summed E-state index contributed by atoms with van der Waals surface area (Å²) in [5.74, 6) is 1.97. The number of thioether (sulfide) groups is 1. The van der Waals surface area contributed by atoms with Gasteiger partial charge in [0.15, 0.2) is 15.8 Å². The van der Waals surface area contributed by atoms with Crippen molar-refractivity contribution >= 4 is 40.2 Å². The third-order valence-electron chi connectivity index (χ3n) is 3.92. The van der Waals surface area contributed by atoms with Crippen molar-refractivity contribution in [1.29, 1.82) is 0 Å². The van der Waals surface area contributed by atoms with Crippen LogP contribution < -0.4 is 14.8 Å². The Hall–Kier alpha value is -2.84. The van der Waals surface area contributed by atoms with Gasteiger partial charge in [-0.05, 0) is 35.8 Å². The largest absolute Gasteiger partial charge is 0.493 e. The second-order valence-electron chi connectivity index (χ2n) is 6.23. The molecule has 0 aliphatic heterocycles. The molecule has 3 aromatic rings. The minimum Gasteiger partial charge on any atom is -0.493 e. The minimum absolute atomic E-state index is 0.262. The molecule has 1 amide bonds. The van der Waals surface area contributed by atoms with Crippen molar-refractivity contribution in [2.75, 3.05) is 18.2 Å². The van der Waals surface area contributed by atoms with E-state index in [1.807, 2.05) is 48.5 Å². The van der Waals surface area contributed by atoms with Gasteiger partial charge in [-0.3, -0.25) is 10.1 Å². The fourth-order valence-corrected chi connectivity index (χ4v) is 4.15. The summed E-state index contributed by atoms with van der Waals surface area (Å²) in [6, 6.07) is 15.5. The van der Waals surface area contributed by atoms with Crippen LogP contribution in [0.25, 0.3) is 6.08 Å². The van der Waals surface area contributed by atoms with Gasteiger partial charge in [-0.2, -0.15) is 0 Å². The second-order valence-corrected chi connectivity index (χ2v) is 8.55. The van der Waals surface area contributed by atoms with E-state index >= 15 is 0 Å². The molecule has 0 atom stereocenters. The van der Waals surface area contributed by atoms with E-state index in [2.05, 4.69) is 22.4 Å². The zero-order chi connectivity index (χ0) is 21.2. The van der Waals surface area contributed by atoms with E-state index in [1.54, 1.807) is 24.9 Å². The number of ether oxygens (including phenoxy) is 2. The van der Waals surface area contributed by atoms with Crippen molar-refractivity contribution in [1.82, 2.24) is 10.2 Å². The Morgan fingerprint density at radius 1 is 1.17 bits per heavy atom. The highest BCUT2D eigenvalue weighted by Crippen LogP contribution is 2.29. The number of rotatable bonds is 10. The van der Waals surface area contributed by atoms with Gasteiger partial charge >= 0.3 is 0 Å². The Morgan fingerprint density at radius 2 is 2.00 bits per heavy atom. The summed E-state index contributed by atoms with van der Waals surface area (Å²) in [5, 5.41) is 11.3. The molecule has 1 N–H and O–H groups in total. The molecule has 0 bridgehead atoms. The van der Waals surface area contributed by atoms with Gasteiger partial charge in [0.1, 0.15) is 6.61 Å². The third kappa shape index (κ3) is 6.60. The summed E-state index contributed by atoms with van der Waals surface area (Å²) in [4.78, 5) is 12.2. The second kappa shape index (κ2) is 11.4. The van der Waals surface area contributed by atoms with E-state index in [4.69, 9.17) is 9.47 Å². The highest BCUT2D eigenvalue weighted by molar-refractivity contribution is 8.01. The van der Waals surface area contributed by atoms with Crippen LogP contribution in [-0.2, 0) is 11.4 Å². The zero-order valence-corrected chi connectivity index (χ0v) is 18.5. The van der Waals surface area contributed by atoms with E-state index in [-0.39, 0.29) is 5.91 Å². The van der Waals surface area contributed by atoms with Crippen LogP contribution in [0.2, 0.25) is 0 Å². The van der Waals surface area contributed by atoms with Gasteiger partial charge in [-0.1, -0.05) is 66.4 Å². The van der Waals surface area contributed by atoms with Crippen molar-refractivity contribution in [2.45, 2.75) is 24.3 Å². The third-order valence-corrected chi connectivity index (χ3v) is 6.10. The molecule has 6 nitrogen and oxygen atoms in total. The highest BCUT2D eigenvalue weighted by atomic mass is 32.2. The van der Waals surface area contributed by atoms with Gasteiger partial charge in [0, 0.05) is 11.8 Å². The number of nitrogens with one attached hydrogen (secondary N) is 1. The summed E-state index contributed by atoms with van der Waals surface area (Å²) in [5.41, 5.74) is 1.90. The first-order chi connectivity index (χ1) is 14.7. The van der Waals surface area contributed by atoms with Crippen LogP contribution in [0.3, 0.4) is 0 Å². The van der Waals surface area contributed by atoms with Crippen LogP contribution in [0.15, 0.2) is 58.9 Å². The molecule has 0 aliphatic carbocycles. The fourth-order valence-electron chi connectivity index (χ4n) is 2.47. The molecule has 156 valence electrons. The molecule has 8 heteroatoms. The topological polar surface area (TPSA) is 73.3 Å². The smallest absolute Gasteiger partial charge is 0.250 e. The molecule has 30 heavy (non-hydrogen) atoms. The van der Waals surface area contributed by atoms with Gasteiger partial charge in [0.05, 0.1) is 7.11 Å². The van der Waals surface area contributed by atoms with E-state index in [9.17, 15) is 4.79 Å². The van der Waals surface area contributed by atoms with Crippen LogP contribution in [0, 0.1) is 0 Å². The lowest BCUT2D eigenvalue weighted by molar-refractivity contribution is -0.111. The van der Waals surface area contributed by atoms with Gasteiger partial charge < -0.3 is 9.47 Å². The first-order valence-electron chi connectivity index (χ1n) is 9.48. The summed E-state index contributed by atoms with van der Waals surface area (Å²) < 4.78 is 12.1. The van der Waals surface area contributed by atoms with E-state index in [1.165, 1.54) is 17.4 Å². The predicted octanol–water partition coefficient (Wildman–Crippen LogP) is 5.28. The molecule has 0 aliphatic rings. The summed E-state index contributed by atoms with van der Waals surface area (Å²) in [6.07, 6.45) is 4.24. The van der Waals surface area contributed by atoms with E-state index in [0.717, 1.165) is 27.6 Å². The lowest BCUT2D eigenvalue weighted by atomic mass is 10.2. The van der Waals surface area contributed by atoms with Gasteiger partial charge in [-0.25, -0.2) is 0 Å². The maximum Gasteiger partial charge on any atom is 0.250 e. The van der Waals surface area contributed by atoms with Crippen molar-refractivity contribution in [3.05, 3.63) is 65.7 Å². The van der Waals surface area contributed by atoms with Crippen molar-refractivity contribution in [3.63, 3.8) is 0 Å². The molecule has 0 saturated carbocycles. The van der Waals surface area contributed by atoms with E-state index in [0.29, 0.717) is 23.2 Å². The van der Waals surface area contributed by atoms with Gasteiger partial charge in [0.25, 0.3) is 0 Å². The van der Waals surface area contributed by atoms with Crippen LogP contribution >= 0.6 is 23.1 Å². The molecule has 1 heterocycles. The zero-order valence-electron chi connectivity index (χ0n) is 16.8. The molecule has 0 radical (unpaired) electrons. The molecular weight excluding hydrogens is 418 g/mol. The molecule has 0 unspecified atom stereocenters. The maximum absolute atomic E-state index is 12.2. The first-order valence-corrected chi connectivity index (χ1v) is 11.3. The number of aromatic nitrogens is 2. The molecule has 3 rings (SSSR count). The average molecular weight is 442 g/mol. The maximum atomic E-state index is 12.2. The predicted molar refractivity (Wildman–Crippen MR) is 122 cm³/mol. The van der Waals surface area contributed by atoms with Crippen LogP contribution in [0.5, 0.6) is 11.5 Å². The summed E-state index contributed by atoms with van der Waals surface area (Å²) in [6.45, 7) is 2.56. The number of carbonyl (C=O) groups excluding carboxylic acids is 1. The molecule has 1 aromatic heterocycles. The SMILES string of the molecule is CCCSc1nnc(NC(=O)/C=C/c2ccc(OCc3ccccc3)c(OC)c2)s1. The quantitative estimate of drug-likeness (QED) is 0.262. The van der Waals surface area contributed by atoms with Crippen LogP contribution in [0.1, 0.15) is 24.5 Å². The minimum atomic E-state index is -0.262. The Bertz CT molecular complexity index is 990. The normalized spacial score (nSPS) is 10.9. The van der Waals surface area contributed by atoms with Crippen molar-refractivity contribution in [2.24, 2.45) is 0 Å². The summed E-state index contributed by atoms with van der Waals surface area (Å²) >= 11 is 3.01. The number of amides is 1. The van der Waals surface area contributed by atoms with Crippen LogP contribution in [0.4, 0.5) is 5.13 Å². The molecule has 2 aromatic carbocycles. The molecule has 0 spiro atoms. The number of hydrogen-bond acceptors (Lipinski definition) is 7. The Kier molecular flexibility index (Phi) is 8.29. The van der Waals surface area contributed by atoms with E-state index < -0.39 is 0 Å². The Balaban J connectivity index is 1.58.